The molecule has 15 heavy (non-hydrogen) atoms. The fourth-order valence-corrected chi connectivity index (χ4v) is 1.53. The van der Waals surface area contributed by atoms with E-state index < -0.39 is 5.79 Å². The minimum atomic E-state index is -0.522. The summed E-state index contributed by atoms with van der Waals surface area (Å²) in [6, 6.07) is 0. The van der Waals surface area contributed by atoms with Crippen LogP contribution in [0, 0.1) is 0 Å². The van der Waals surface area contributed by atoms with E-state index in [2.05, 4.69) is 0 Å². The number of methoxy groups -OCH3 is 1. The molecular weight excluding hydrogens is 200 g/mol. The van der Waals surface area contributed by atoms with Gasteiger partial charge in [-0.05, 0) is 13.8 Å². The fraction of sp³-hybridized carbons (Fsp3) is 1.00. The summed E-state index contributed by atoms with van der Waals surface area (Å²) in [5.74, 6) is -0.522. The van der Waals surface area contributed by atoms with Gasteiger partial charge in [-0.2, -0.15) is 0 Å². The maximum Gasteiger partial charge on any atom is 0.163 e. The maximum atomic E-state index is 9.07. The Balaban J connectivity index is 2.27. The average molecular weight is 220 g/mol. The minimum absolute atomic E-state index is 0.0194. The molecule has 0 aromatic rings. The van der Waals surface area contributed by atoms with Crippen molar-refractivity contribution < 1.29 is 24.1 Å². The molecule has 1 N–H and O–H groups in total. The number of aliphatic hydroxyl groups is 1. The molecule has 0 saturated carbocycles. The van der Waals surface area contributed by atoms with Crippen molar-refractivity contribution in [2.75, 3.05) is 27.1 Å². The van der Waals surface area contributed by atoms with E-state index in [1.807, 2.05) is 13.8 Å². The zero-order valence-electron chi connectivity index (χ0n) is 9.56. The average Bonchev–Trinajstić information content (AvgIpc) is 2.52. The molecule has 0 unspecified atom stereocenters. The fourth-order valence-electron chi connectivity index (χ4n) is 1.53. The first-order chi connectivity index (χ1) is 7.07. The van der Waals surface area contributed by atoms with Crippen LogP contribution in [0.2, 0.25) is 0 Å². The molecule has 1 heterocycles. The van der Waals surface area contributed by atoms with Crippen LogP contribution in [0.3, 0.4) is 0 Å². The molecule has 90 valence electrons. The van der Waals surface area contributed by atoms with Gasteiger partial charge in [0.1, 0.15) is 6.79 Å². The summed E-state index contributed by atoms with van der Waals surface area (Å²) in [5.41, 5.74) is 0. The van der Waals surface area contributed by atoms with Crippen LogP contribution in [0.25, 0.3) is 0 Å². The van der Waals surface area contributed by atoms with Crippen molar-refractivity contribution in [1.82, 2.24) is 0 Å². The molecular formula is C10H20O5. The van der Waals surface area contributed by atoms with Crippen molar-refractivity contribution in [2.24, 2.45) is 0 Å². The van der Waals surface area contributed by atoms with Gasteiger partial charge in [0.25, 0.3) is 0 Å². The largest absolute Gasteiger partial charge is 0.394 e. The van der Waals surface area contributed by atoms with Crippen molar-refractivity contribution >= 4 is 0 Å². The van der Waals surface area contributed by atoms with Gasteiger partial charge in [0.2, 0.25) is 0 Å². The molecule has 0 spiro atoms. The number of rotatable bonds is 6. The highest BCUT2D eigenvalue weighted by Gasteiger charge is 2.33. The summed E-state index contributed by atoms with van der Waals surface area (Å²) in [7, 11) is 1.55. The molecule has 1 aliphatic rings. The number of ether oxygens (including phenoxy) is 4. The first kappa shape index (κ1) is 12.9. The van der Waals surface area contributed by atoms with Gasteiger partial charge in [-0.25, -0.2) is 0 Å². The predicted octanol–water partition coefficient (Wildman–Crippen LogP) is 0.509. The van der Waals surface area contributed by atoms with E-state index >= 15 is 0 Å². The van der Waals surface area contributed by atoms with Gasteiger partial charge < -0.3 is 24.1 Å². The summed E-state index contributed by atoms with van der Waals surface area (Å²) >= 11 is 0. The first-order valence-corrected chi connectivity index (χ1v) is 5.10. The third-order valence-corrected chi connectivity index (χ3v) is 2.22. The van der Waals surface area contributed by atoms with E-state index in [-0.39, 0.29) is 25.6 Å². The lowest BCUT2D eigenvalue weighted by molar-refractivity contribution is -0.148. The van der Waals surface area contributed by atoms with Crippen molar-refractivity contribution in [3.8, 4) is 0 Å². The zero-order valence-corrected chi connectivity index (χ0v) is 9.56. The van der Waals surface area contributed by atoms with Crippen LogP contribution in [-0.4, -0.2) is 50.2 Å². The quantitative estimate of drug-likeness (QED) is 0.661. The second-order valence-electron chi connectivity index (χ2n) is 4.06. The number of hydrogen-bond acceptors (Lipinski definition) is 5. The molecule has 0 aliphatic carbocycles. The molecule has 0 aromatic heterocycles. The molecule has 0 amide bonds. The molecule has 0 aromatic carbocycles. The maximum absolute atomic E-state index is 9.07. The van der Waals surface area contributed by atoms with Crippen molar-refractivity contribution in [1.29, 1.82) is 0 Å². The van der Waals surface area contributed by atoms with Crippen LogP contribution in [-0.2, 0) is 18.9 Å². The smallest absolute Gasteiger partial charge is 0.163 e. The molecule has 1 rings (SSSR count). The van der Waals surface area contributed by atoms with Crippen molar-refractivity contribution in [3.63, 3.8) is 0 Å². The molecule has 0 radical (unpaired) electrons. The highest BCUT2D eigenvalue weighted by atomic mass is 16.7. The van der Waals surface area contributed by atoms with Gasteiger partial charge in [0, 0.05) is 13.5 Å². The minimum Gasteiger partial charge on any atom is -0.394 e. The Hall–Kier alpha value is -0.200. The Morgan fingerprint density at radius 1 is 1.53 bits per heavy atom. The normalized spacial score (nSPS) is 26.8. The molecule has 5 heteroatoms. The van der Waals surface area contributed by atoms with Crippen LogP contribution in [0.5, 0.6) is 0 Å². The third kappa shape index (κ3) is 4.44. The summed E-state index contributed by atoms with van der Waals surface area (Å²) in [4.78, 5) is 0. The van der Waals surface area contributed by atoms with Gasteiger partial charge in [-0.3, -0.25) is 0 Å². The van der Waals surface area contributed by atoms with Gasteiger partial charge in [-0.15, -0.1) is 0 Å². The first-order valence-electron chi connectivity index (χ1n) is 5.10. The molecule has 0 bridgehead atoms. The van der Waals surface area contributed by atoms with Crippen LogP contribution in [0.1, 0.15) is 20.3 Å². The summed E-state index contributed by atoms with van der Waals surface area (Å²) < 4.78 is 21.1. The van der Waals surface area contributed by atoms with Crippen LogP contribution in [0.15, 0.2) is 0 Å². The van der Waals surface area contributed by atoms with E-state index in [9.17, 15) is 0 Å². The lowest BCUT2D eigenvalue weighted by atomic mass is 10.2. The number of hydrogen-bond donors (Lipinski definition) is 1. The highest BCUT2D eigenvalue weighted by Crippen LogP contribution is 2.25. The second kappa shape index (κ2) is 5.77. The highest BCUT2D eigenvalue weighted by molar-refractivity contribution is 4.74. The van der Waals surface area contributed by atoms with Crippen LogP contribution >= 0.6 is 0 Å². The predicted molar refractivity (Wildman–Crippen MR) is 53.4 cm³/mol. The van der Waals surface area contributed by atoms with E-state index in [4.69, 9.17) is 24.1 Å². The monoisotopic (exact) mass is 220 g/mol. The van der Waals surface area contributed by atoms with Gasteiger partial charge in [-0.1, -0.05) is 0 Å². The van der Waals surface area contributed by atoms with E-state index in [0.717, 1.165) is 0 Å². The Morgan fingerprint density at radius 2 is 2.27 bits per heavy atom. The lowest BCUT2D eigenvalue weighted by Gasteiger charge is -2.20. The van der Waals surface area contributed by atoms with E-state index in [0.29, 0.717) is 13.0 Å². The van der Waals surface area contributed by atoms with E-state index in [1.165, 1.54) is 0 Å². The Morgan fingerprint density at radius 3 is 2.73 bits per heavy atom. The Bertz CT molecular complexity index is 183. The topological polar surface area (TPSA) is 57.2 Å². The summed E-state index contributed by atoms with van der Waals surface area (Å²) in [5, 5.41) is 9.07. The van der Waals surface area contributed by atoms with Gasteiger partial charge in [0.05, 0.1) is 25.4 Å². The van der Waals surface area contributed by atoms with Gasteiger partial charge >= 0.3 is 0 Å². The molecule has 1 saturated heterocycles. The third-order valence-electron chi connectivity index (χ3n) is 2.22. The molecule has 1 fully saturated rings. The second-order valence-corrected chi connectivity index (χ2v) is 4.06. The van der Waals surface area contributed by atoms with Gasteiger partial charge in [0.15, 0.2) is 5.79 Å². The standard InChI is InChI=1S/C10H20O5/c1-10(2)14-6-9(15-10)4-8(5-11)13-7-12-3/h8-9,11H,4-7H2,1-3H3/t8-,9+/m0/s1. The zero-order chi connectivity index (χ0) is 11.3. The van der Waals surface area contributed by atoms with Crippen molar-refractivity contribution in [2.45, 2.75) is 38.3 Å². The van der Waals surface area contributed by atoms with E-state index in [1.54, 1.807) is 7.11 Å². The lowest BCUT2D eigenvalue weighted by Crippen LogP contribution is -2.28. The summed E-state index contributed by atoms with van der Waals surface area (Å²) in [6.45, 7) is 4.43. The summed E-state index contributed by atoms with van der Waals surface area (Å²) in [6.07, 6.45) is 0.338. The van der Waals surface area contributed by atoms with Crippen molar-refractivity contribution in [3.05, 3.63) is 0 Å². The Kier molecular flexibility index (Phi) is 4.95. The molecule has 5 nitrogen and oxygen atoms in total. The van der Waals surface area contributed by atoms with Crippen LogP contribution in [0.4, 0.5) is 0 Å². The molecule has 1 aliphatic heterocycles. The van der Waals surface area contributed by atoms with Crippen LogP contribution < -0.4 is 0 Å². The number of aliphatic hydroxyl groups excluding tert-OH is 1. The SMILES string of the molecule is COCO[C@H](CO)C[C@@H]1COC(C)(C)O1. The molecule has 2 atom stereocenters. The Labute approximate surface area is 90.3 Å².